The molecule has 5 heteroatoms. The summed E-state index contributed by atoms with van der Waals surface area (Å²) in [5.74, 6) is -0.262. The summed E-state index contributed by atoms with van der Waals surface area (Å²) >= 11 is 1.63. The van der Waals surface area contributed by atoms with Crippen LogP contribution in [0.1, 0.15) is 4.88 Å². The molecule has 0 radical (unpaired) electrons. The van der Waals surface area contributed by atoms with Gasteiger partial charge in [0.15, 0.2) is 0 Å². The number of likely N-dealkylation sites (N-methyl/N-ethyl adjacent to an activating group) is 1. The van der Waals surface area contributed by atoms with E-state index in [4.69, 9.17) is 4.74 Å². The topological polar surface area (TPSA) is 32.7 Å². The lowest BCUT2D eigenvalue weighted by molar-refractivity contribution is 0.0335. The fourth-order valence-corrected chi connectivity index (χ4v) is 2.50. The van der Waals surface area contributed by atoms with Crippen molar-refractivity contribution in [3.05, 3.63) is 52.5 Å². The lowest BCUT2D eigenvalue weighted by Crippen LogP contribution is -2.32. The van der Waals surface area contributed by atoms with Crippen molar-refractivity contribution < 1.29 is 14.2 Å². The van der Waals surface area contributed by atoms with Gasteiger partial charge in [-0.1, -0.05) is 6.07 Å². The van der Waals surface area contributed by atoms with Gasteiger partial charge < -0.3 is 14.7 Å². The van der Waals surface area contributed by atoms with Crippen molar-refractivity contribution in [2.75, 3.05) is 25.1 Å². The predicted octanol–water partition coefficient (Wildman–Crippen LogP) is 2.90. The van der Waals surface area contributed by atoms with Crippen molar-refractivity contribution in [2.24, 2.45) is 0 Å². The Morgan fingerprint density at radius 2 is 2.05 bits per heavy atom. The molecule has 1 N–H and O–H groups in total. The quantitative estimate of drug-likeness (QED) is 0.852. The monoisotopic (exact) mass is 295 g/mol. The summed E-state index contributed by atoms with van der Waals surface area (Å²) in [6.45, 7) is 1.24. The standard InChI is InChI=1S/C15H18FNO2S/c1-17(13-6-4-12(16)5-7-13)9-14(18)10-19-11-15-3-2-8-20-15/h2-8,14,18H,9-11H2,1H3. The highest BCUT2D eigenvalue weighted by Crippen LogP contribution is 2.14. The van der Waals surface area contributed by atoms with Crippen LogP contribution in [0.15, 0.2) is 41.8 Å². The molecule has 0 bridgehead atoms. The second-order valence-electron chi connectivity index (χ2n) is 4.61. The summed E-state index contributed by atoms with van der Waals surface area (Å²) in [5.41, 5.74) is 0.865. The molecule has 1 unspecified atom stereocenters. The first-order valence-electron chi connectivity index (χ1n) is 6.40. The van der Waals surface area contributed by atoms with Gasteiger partial charge in [-0.15, -0.1) is 11.3 Å². The third-order valence-corrected chi connectivity index (χ3v) is 3.74. The molecule has 1 aromatic carbocycles. The largest absolute Gasteiger partial charge is 0.389 e. The molecule has 20 heavy (non-hydrogen) atoms. The molecule has 0 saturated carbocycles. The van der Waals surface area contributed by atoms with Crippen LogP contribution in [0, 0.1) is 5.82 Å². The molecule has 1 aromatic heterocycles. The first-order valence-corrected chi connectivity index (χ1v) is 7.28. The van der Waals surface area contributed by atoms with Crippen molar-refractivity contribution in [1.29, 1.82) is 0 Å². The number of aliphatic hydroxyl groups is 1. The lowest BCUT2D eigenvalue weighted by Gasteiger charge is -2.22. The molecule has 1 atom stereocenters. The summed E-state index contributed by atoms with van der Waals surface area (Å²) < 4.78 is 18.3. The van der Waals surface area contributed by atoms with E-state index in [1.807, 2.05) is 29.5 Å². The molecule has 108 valence electrons. The number of nitrogens with zero attached hydrogens (tertiary/aromatic N) is 1. The SMILES string of the molecule is CN(CC(O)COCc1cccs1)c1ccc(F)cc1. The van der Waals surface area contributed by atoms with Gasteiger partial charge in [0.25, 0.3) is 0 Å². The number of aliphatic hydroxyl groups excluding tert-OH is 1. The molecule has 2 aromatic rings. The Bertz CT molecular complexity index is 501. The molecule has 0 fully saturated rings. The predicted molar refractivity (Wildman–Crippen MR) is 79.7 cm³/mol. The van der Waals surface area contributed by atoms with E-state index < -0.39 is 6.10 Å². The van der Waals surface area contributed by atoms with E-state index in [0.717, 1.165) is 10.6 Å². The van der Waals surface area contributed by atoms with Crippen LogP contribution in [0.3, 0.4) is 0 Å². The molecule has 0 aliphatic rings. The van der Waals surface area contributed by atoms with E-state index in [9.17, 15) is 9.50 Å². The van der Waals surface area contributed by atoms with Gasteiger partial charge in [0.2, 0.25) is 0 Å². The summed E-state index contributed by atoms with van der Waals surface area (Å²) in [5, 5.41) is 11.9. The van der Waals surface area contributed by atoms with Crippen LogP contribution in [0.4, 0.5) is 10.1 Å². The normalized spacial score (nSPS) is 12.3. The average Bonchev–Trinajstić information content (AvgIpc) is 2.92. The fraction of sp³-hybridized carbons (Fsp3) is 0.333. The molecule has 3 nitrogen and oxygen atoms in total. The van der Waals surface area contributed by atoms with Crippen LogP contribution < -0.4 is 4.90 Å². The Morgan fingerprint density at radius 3 is 2.70 bits per heavy atom. The van der Waals surface area contributed by atoms with Crippen molar-refractivity contribution in [3.63, 3.8) is 0 Å². The molecule has 2 rings (SSSR count). The van der Waals surface area contributed by atoms with Crippen molar-refractivity contribution >= 4 is 17.0 Å². The van der Waals surface area contributed by atoms with E-state index in [0.29, 0.717) is 13.2 Å². The number of hydrogen-bond donors (Lipinski definition) is 1. The lowest BCUT2D eigenvalue weighted by atomic mass is 10.2. The maximum absolute atomic E-state index is 12.8. The molecule has 0 aliphatic heterocycles. The maximum atomic E-state index is 12.8. The van der Waals surface area contributed by atoms with Gasteiger partial charge >= 0.3 is 0 Å². The summed E-state index contributed by atoms with van der Waals surface area (Å²) in [7, 11) is 1.86. The average molecular weight is 295 g/mol. The summed E-state index contributed by atoms with van der Waals surface area (Å²) in [6.07, 6.45) is -0.579. The molecular weight excluding hydrogens is 277 g/mol. The number of hydrogen-bond acceptors (Lipinski definition) is 4. The van der Waals surface area contributed by atoms with Crippen LogP contribution in [0.2, 0.25) is 0 Å². The van der Waals surface area contributed by atoms with E-state index in [1.165, 1.54) is 12.1 Å². The highest BCUT2D eigenvalue weighted by molar-refractivity contribution is 7.09. The first kappa shape index (κ1) is 15.0. The van der Waals surface area contributed by atoms with E-state index in [1.54, 1.807) is 23.5 Å². The molecule has 1 heterocycles. The van der Waals surface area contributed by atoms with Gasteiger partial charge in [-0.25, -0.2) is 4.39 Å². The zero-order valence-electron chi connectivity index (χ0n) is 11.3. The van der Waals surface area contributed by atoms with Crippen LogP contribution in [-0.2, 0) is 11.3 Å². The van der Waals surface area contributed by atoms with Crippen LogP contribution >= 0.6 is 11.3 Å². The number of halogens is 1. The van der Waals surface area contributed by atoms with Crippen molar-refractivity contribution in [2.45, 2.75) is 12.7 Å². The van der Waals surface area contributed by atoms with Gasteiger partial charge in [-0.3, -0.25) is 0 Å². The second kappa shape index (κ2) is 7.38. The molecular formula is C15H18FNO2S. The summed E-state index contributed by atoms with van der Waals surface area (Å²) in [6, 6.07) is 10.2. The molecule has 0 amide bonds. The van der Waals surface area contributed by atoms with Crippen LogP contribution in [0.25, 0.3) is 0 Å². The Labute approximate surface area is 122 Å². The number of ether oxygens (including phenoxy) is 1. The Morgan fingerprint density at radius 1 is 1.30 bits per heavy atom. The number of rotatable bonds is 7. The number of benzene rings is 1. The molecule has 0 saturated heterocycles. The minimum absolute atomic E-state index is 0.262. The minimum Gasteiger partial charge on any atom is -0.389 e. The number of anilines is 1. The fourth-order valence-electron chi connectivity index (χ4n) is 1.86. The van der Waals surface area contributed by atoms with Crippen molar-refractivity contribution in [1.82, 2.24) is 0 Å². The first-order chi connectivity index (χ1) is 9.65. The second-order valence-corrected chi connectivity index (χ2v) is 5.64. The van der Waals surface area contributed by atoms with Gasteiger partial charge in [0.05, 0.1) is 19.3 Å². The summed E-state index contributed by atoms with van der Waals surface area (Å²) in [4.78, 5) is 3.02. The van der Waals surface area contributed by atoms with Gasteiger partial charge in [-0.05, 0) is 35.7 Å². The minimum atomic E-state index is -0.579. The maximum Gasteiger partial charge on any atom is 0.123 e. The van der Waals surface area contributed by atoms with Crippen molar-refractivity contribution in [3.8, 4) is 0 Å². The van der Waals surface area contributed by atoms with E-state index in [2.05, 4.69) is 0 Å². The molecule has 0 aliphatic carbocycles. The van der Waals surface area contributed by atoms with E-state index in [-0.39, 0.29) is 12.4 Å². The van der Waals surface area contributed by atoms with E-state index >= 15 is 0 Å². The zero-order valence-corrected chi connectivity index (χ0v) is 12.1. The van der Waals surface area contributed by atoms with Crippen LogP contribution in [-0.4, -0.2) is 31.4 Å². The highest BCUT2D eigenvalue weighted by atomic mass is 32.1. The molecule has 0 spiro atoms. The van der Waals surface area contributed by atoms with Gasteiger partial charge in [0, 0.05) is 24.2 Å². The Hall–Kier alpha value is -1.43. The zero-order chi connectivity index (χ0) is 14.4. The smallest absolute Gasteiger partial charge is 0.123 e. The Kier molecular flexibility index (Phi) is 5.52. The van der Waals surface area contributed by atoms with Crippen LogP contribution in [0.5, 0.6) is 0 Å². The third kappa shape index (κ3) is 4.59. The Balaban J connectivity index is 1.73. The van der Waals surface area contributed by atoms with Gasteiger partial charge in [-0.2, -0.15) is 0 Å². The highest BCUT2D eigenvalue weighted by Gasteiger charge is 2.09. The third-order valence-electron chi connectivity index (χ3n) is 2.89. The number of thiophene rings is 1. The van der Waals surface area contributed by atoms with Gasteiger partial charge in [0.1, 0.15) is 5.82 Å².